The highest BCUT2D eigenvalue weighted by molar-refractivity contribution is 6.30. The molecule has 1 aliphatic heterocycles. The number of fused-ring (bicyclic) bond motifs is 3. The first kappa shape index (κ1) is 27.2. The minimum atomic E-state index is -0.0856. The third-order valence-corrected chi connectivity index (χ3v) is 6.64. The van der Waals surface area contributed by atoms with Gasteiger partial charge in [0.15, 0.2) is 0 Å². The Morgan fingerprint density at radius 3 is 2.62 bits per heavy atom. The van der Waals surface area contributed by atoms with Crippen molar-refractivity contribution in [3.63, 3.8) is 0 Å². The number of amides is 1. The number of carbonyl (C=O) groups excluding carboxylic acids is 1. The summed E-state index contributed by atoms with van der Waals surface area (Å²) in [7, 11) is 0. The van der Waals surface area contributed by atoms with Crippen molar-refractivity contribution in [2.45, 2.75) is 33.2 Å². The van der Waals surface area contributed by atoms with Gasteiger partial charge in [-0.15, -0.1) is 0 Å². The lowest BCUT2D eigenvalue weighted by atomic mass is 9.99. The molecular weight excluding hydrogens is 484 g/mol. The van der Waals surface area contributed by atoms with Gasteiger partial charge in [0.1, 0.15) is 12.4 Å². The molecule has 0 unspecified atom stereocenters. The van der Waals surface area contributed by atoms with Crippen molar-refractivity contribution in [2.24, 2.45) is 5.92 Å². The average molecular weight is 521 g/mol. The van der Waals surface area contributed by atoms with Gasteiger partial charge in [0.25, 0.3) is 5.91 Å². The van der Waals surface area contributed by atoms with Crippen LogP contribution in [0.1, 0.15) is 46.5 Å². The van der Waals surface area contributed by atoms with Crippen LogP contribution in [0.15, 0.2) is 66.7 Å². The zero-order valence-electron chi connectivity index (χ0n) is 21.8. The standard InChI is InChI=1S/C31H37ClN2O3/c1-23(2)21-34-14-15-36-16-17-37-30-11-8-27(20-28(30)19-25-4-3-5-26(18-25)22-34)31(35)33-13-12-24-6-9-29(32)10-7-24/h3-11,18,20,23H,12-17,19,21-22H2,1-2H3,(H,33,35). The second-order valence-corrected chi connectivity index (χ2v) is 10.5. The summed E-state index contributed by atoms with van der Waals surface area (Å²) in [5, 5.41) is 3.75. The largest absolute Gasteiger partial charge is 0.491 e. The maximum atomic E-state index is 12.9. The number of halogens is 1. The van der Waals surface area contributed by atoms with Crippen molar-refractivity contribution in [1.29, 1.82) is 0 Å². The van der Waals surface area contributed by atoms with Crippen molar-refractivity contribution in [3.05, 3.63) is 99.6 Å². The summed E-state index contributed by atoms with van der Waals surface area (Å²) in [6.45, 7) is 9.57. The molecule has 4 rings (SSSR count). The molecule has 3 aromatic rings. The molecule has 5 nitrogen and oxygen atoms in total. The molecule has 1 N–H and O–H groups in total. The van der Waals surface area contributed by atoms with Crippen LogP contribution in [0, 0.1) is 5.92 Å². The van der Waals surface area contributed by atoms with Gasteiger partial charge in [-0.05, 0) is 64.9 Å². The molecule has 0 aromatic heterocycles. The molecule has 2 bridgehead atoms. The van der Waals surface area contributed by atoms with E-state index in [0.29, 0.717) is 49.3 Å². The first-order chi connectivity index (χ1) is 18.0. The van der Waals surface area contributed by atoms with Crippen LogP contribution >= 0.6 is 11.6 Å². The Hall–Kier alpha value is -2.86. The fourth-order valence-electron chi connectivity index (χ4n) is 4.65. The Morgan fingerprint density at radius 1 is 1.00 bits per heavy atom. The summed E-state index contributed by atoms with van der Waals surface area (Å²) in [6, 6.07) is 22.1. The van der Waals surface area contributed by atoms with Gasteiger partial charge < -0.3 is 14.8 Å². The molecule has 1 amide bonds. The number of nitrogens with zero attached hydrogens (tertiary/aromatic N) is 1. The number of rotatable bonds is 6. The number of benzene rings is 3. The molecule has 1 aliphatic rings. The molecule has 196 valence electrons. The molecule has 37 heavy (non-hydrogen) atoms. The summed E-state index contributed by atoms with van der Waals surface area (Å²) in [5.74, 6) is 1.30. The van der Waals surface area contributed by atoms with Crippen LogP contribution in [0.2, 0.25) is 5.02 Å². The van der Waals surface area contributed by atoms with E-state index in [1.54, 1.807) is 0 Å². The minimum Gasteiger partial charge on any atom is -0.491 e. The minimum absolute atomic E-state index is 0.0856. The topological polar surface area (TPSA) is 50.8 Å². The van der Waals surface area contributed by atoms with Crippen LogP contribution in [-0.4, -0.2) is 50.3 Å². The maximum Gasteiger partial charge on any atom is 0.251 e. The van der Waals surface area contributed by atoms with Gasteiger partial charge >= 0.3 is 0 Å². The smallest absolute Gasteiger partial charge is 0.251 e. The molecule has 3 aromatic carbocycles. The fourth-order valence-corrected chi connectivity index (χ4v) is 4.77. The third kappa shape index (κ3) is 8.60. The Morgan fingerprint density at radius 2 is 1.81 bits per heavy atom. The van der Waals surface area contributed by atoms with E-state index in [-0.39, 0.29) is 5.91 Å². The highest BCUT2D eigenvalue weighted by Crippen LogP contribution is 2.25. The lowest BCUT2D eigenvalue weighted by Crippen LogP contribution is -2.31. The molecule has 0 aliphatic carbocycles. The van der Waals surface area contributed by atoms with Gasteiger partial charge in [-0.1, -0.05) is 61.8 Å². The summed E-state index contributed by atoms with van der Waals surface area (Å²) in [4.78, 5) is 15.4. The van der Waals surface area contributed by atoms with Crippen LogP contribution in [0.5, 0.6) is 5.75 Å². The van der Waals surface area contributed by atoms with Gasteiger partial charge in [0, 0.05) is 43.2 Å². The molecule has 6 heteroatoms. The zero-order chi connectivity index (χ0) is 26.0. The van der Waals surface area contributed by atoms with Crippen LogP contribution in [0.4, 0.5) is 0 Å². The zero-order valence-corrected chi connectivity index (χ0v) is 22.6. The molecule has 0 radical (unpaired) electrons. The summed E-state index contributed by atoms with van der Waals surface area (Å²) in [5.41, 5.74) is 5.26. The van der Waals surface area contributed by atoms with Crippen molar-refractivity contribution in [2.75, 3.05) is 39.5 Å². The predicted molar refractivity (Wildman–Crippen MR) is 150 cm³/mol. The van der Waals surface area contributed by atoms with Gasteiger partial charge in [0.05, 0.1) is 13.2 Å². The molecule has 0 saturated carbocycles. The Labute approximate surface area is 225 Å². The van der Waals surface area contributed by atoms with Crippen molar-refractivity contribution >= 4 is 17.5 Å². The van der Waals surface area contributed by atoms with Crippen molar-refractivity contribution in [1.82, 2.24) is 10.2 Å². The highest BCUT2D eigenvalue weighted by Gasteiger charge is 2.14. The molecular formula is C31H37ClN2O3. The average Bonchev–Trinajstić information content (AvgIpc) is 2.87. The molecule has 0 fully saturated rings. The third-order valence-electron chi connectivity index (χ3n) is 6.39. The number of ether oxygens (including phenoxy) is 2. The molecule has 0 saturated heterocycles. The molecule has 0 spiro atoms. The second-order valence-electron chi connectivity index (χ2n) is 10.0. The van der Waals surface area contributed by atoms with E-state index in [0.717, 1.165) is 42.9 Å². The lowest BCUT2D eigenvalue weighted by molar-refractivity contribution is 0.0746. The van der Waals surface area contributed by atoms with E-state index in [2.05, 4.69) is 48.3 Å². The SMILES string of the molecule is CC(C)CN1CCOCCOc2ccc(C(=O)NCCc3ccc(Cl)cc3)cc2Cc2cccc(c2)C1. The van der Waals surface area contributed by atoms with Crippen LogP contribution in [-0.2, 0) is 24.1 Å². The Bertz CT molecular complexity index is 1160. The van der Waals surface area contributed by atoms with Gasteiger partial charge in [-0.3, -0.25) is 9.69 Å². The van der Waals surface area contributed by atoms with Gasteiger partial charge in [-0.2, -0.15) is 0 Å². The van der Waals surface area contributed by atoms with Crippen molar-refractivity contribution in [3.8, 4) is 5.75 Å². The van der Waals surface area contributed by atoms with Crippen LogP contribution in [0.3, 0.4) is 0 Å². The Balaban J connectivity index is 1.48. The summed E-state index contributed by atoms with van der Waals surface area (Å²) < 4.78 is 12.0. The highest BCUT2D eigenvalue weighted by atomic mass is 35.5. The summed E-state index contributed by atoms with van der Waals surface area (Å²) in [6.07, 6.45) is 1.44. The fraction of sp³-hybridized carbons (Fsp3) is 0.387. The van der Waals surface area contributed by atoms with E-state index in [1.807, 2.05) is 42.5 Å². The van der Waals surface area contributed by atoms with E-state index in [9.17, 15) is 4.79 Å². The number of hydrogen-bond donors (Lipinski definition) is 1. The number of carbonyl (C=O) groups is 1. The van der Waals surface area contributed by atoms with E-state index in [1.165, 1.54) is 11.1 Å². The predicted octanol–water partition coefficient (Wildman–Crippen LogP) is 5.77. The van der Waals surface area contributed by atoms with E-state index in [4.69, 9.17) is 21.1 Å². The quantitative estimate of drug-likeness (QED) is 0.448. The second kappa shape index (κ2) is 13.6. The monoisotopic (exact) mass is 520 g/mol. The molecule has 1 heterocycles. The first-order valence-corrected chi connectivity index (χ1v) is 13.5. The lowest BCUT2D eigenvalue weighted by Gasteiger charge is -2.25. The number of nitrogens with one attached hydrogen (secondary N) is 1. The number of hydrogen-bond acceptors (Lipinski definition) is 4. The van der Waals surface area contributed by atoms with E-state index < -0.39 is 0 Å². The van der Waals surface area contributed by atoms with Crippen LogP contribution < -0.4 is 10.1 Å². The summed E-state index contributed by atoms with van der Waals surface area (Å²) >= 11 is 5.96. The van der Waals surface area contributed by atoms with E-state index >= 15 is 0 Å². The Kier molecular flexibility index (Phi) is 10.0. The normalized spacial score (nSPS) is 14.9. The van der Waals surface area contributed by atoms with Crippen LogP contribution in [0.25, 0.3) is 0 Å². The first-order valence-electron chi connectivity index (χ1n) is 13.1. The van der Waals surface area contributed by atoms with Gasteiger partial charge in [0.2, 0.25) is 0 Å². The van der Waals surface area contributed by atoms with Gasteiger partial charge in [-0.25, -0.2) is 0 Å². The molecule has 0 atom stereocenters. The maximum absolute atomic E-state index is 12.9. The van der Waals surface area contributed by atoms with Crippen molar-refractivity contribution < 1.29 is 14.3 Å².